The molecule has 0 fully saturated rings. The Morgan fingerprint density at radius 3 is 1.86 bits per heavy atom. The molecule has 3 aromatic carbocycles. The lowest BCUT2D eigenvalue weighted by Crippen LogP contribution is -2.04. The van der Waals surface area contributed by atoms with Gasteiger partial charge in [0.25, 0.3) is 0 Å². The zero-order chi connectivity index (χ0) is 24.6. The van der Waals surface area contributed by atoms with E-state index in [0.29, 0.717) is 32.8 Å². The highest BCUT2D eigenvalue weighted by molar-refractivity contribution is 6.33. The molecule has 0 aliphatic rings. The summed E-state index contributed by atoms with van der Waals surface area (Å²) in [4.78, 5) is 8.79. The first-order valence-electron chi connectivity index (χ1n) is 10.2. The van der Waals surface area contributed by atoms with Gasteiger partial charge in [-0.15, -0.1) is 0 Å². The fraction of sp³-hybridized carbons (Fsp3) is 0. The van der Waals surface area contributed by atoms with Gasteiger partial charge in [0.05, 0.1) is 22.5 Å². The normalized spacial score (nSPS) is 11.1. The van der Waals surface area contributed by atoms with Crippen molar-refractivity contribution < 1.29 is 10.2 Å². The largest absolute Gasteiger partial charge is 0.508 e. The second-order valence-corrected chi connectivity index (χ2v) is 7.92. The second-order valence-electron chi connectivity index (χ2n) is 7.10. The second kappa shape index (κ2) is 11.2. The van der Waals surface area contributed by atoms with Crippen LogP contribution in [0, 0.1) is 0 Å². The number of anilines is 4. The van der Waals surface area contributed by atoms with E-state index in [1.807, 2.05) is 30.3 Å². The van der Waals surface area contributed by atoms with Gasteiger partial charge in [0, 0.05) is 22.9 Å². The first-order chi connectivity index (χ1) is 17.0. The zero-order valence-electron chi connectivity index (χ0n) is 18.0. The number of rotatable bonds is 8. The molecular formula is C24H19Cl2N7O2. The fourth-order valence-electron chi connectivity index (χ4n) is 2.86. The molecule has 0 bridgehead atoms. The number of hydrazone groups is 2. The van der Waals surface area contributed by atoms with E-state index in [0.717, 1.165) is 5.69 Å². The van der Waals surface area contributed by atoms with Crippen LogP contribution < -0.4 is 16.2 Å². The number of halogens is 2. The van der Waals surface area contributed by atoms with Crippen LogP contribution in [-0.4, -0.2) is 32.6 Å². The van der Waals surface area contributed by atoms with Crippen molar-refractivity contribution in [2.75, 3.05) is 16.2 Å². The van der Waals surface area contributed by atoms with E-state index in [1.54, 1.807) is 18.2 Å². The predicted molar refractivity (Wildman–Crippen MR) is 140 cm³/mol. The first kappa shape index (κ1) is 23.8. The molecule has 0 saturated carbocycles. The van der Waals surface area contributed by atoms with Crippen LogP contribution in [0.4, 0.5) is 23.3 Å². The maximum absolute atomic E-state index is 9.49. The molecule has 0 amide bonds. The molecule has 4 rings (SSSR count). The number of aromatic nitrogens is 2. The van der Waals surface area contributed by atoms with Crippen molar-refractivity contribution in [1.82, 2.24) is 9.97 Å². The van der Waals surface area contributed by atoms with Crippen LogP contribution in [0.1, 0.15) is 11.1 Å². The summed E-state index contributed by atoms with van der Waals surface area (Å²) in [6.07, 6.45) is 2.99. The summed E-state index contributed by atoms with van der Waals surface area (Å²) < 4.78 is 0. The van der Waals surface area contributed by atoms with Crippen molar-refractivity contribution in [3.05, 3.63) is 94.0 Å². The standard InChI is InChI=1S/C24H19Cl2N7O2/c25-20-10-18(34)8-6-15(20)13-27-32-23-12-22(29-17-4-2-1-3-5-17)30-24(31-23)33-28-14-16-7-9-19(35)11-21(16)26/h1-14,34-35H,(H3,29,30,31,32,33). The van der Waals surface area contributed by atoms with Crippen molar-refractivity contribution in [1.29, 1.82) is 0 Å². The maximum Gasteiger partial charge on any atom is 0.247 e. The van der Waals surface area contributed by atoms with Gasteiger partial charge in [-0.3, -0.25) is 5.43 Å². The molecule has 0 spiro atoms. The van der Waals surface area contributed by atoms with Crippen molar-refractivity contribution in [2.24, 2.45) is 10.2 Å². The average Bonchev–Trinajstić information content (AvgIpc) is 2.82. The molecule has 11 heteroatoms. The van der Waals surface area contributed by atoms with Crippen LogP contribution in [0.2, 0.25) is 10.0 Å². The van der Waals surface area contributed by atoms with Crippen LogP contribution in [0.3, 0.4) is 0 Å². The van der Waals surface area contributed by atoms with Crippen LogP contribution in [0.25, 0.3) is 0 Å². The fourth-order valence-corrected chi connectivity index (χ4v) is 3.30. The molecule has 5 N–H and O–H groups in total. The number of nitrogens with one attached hydrogen (secondary N) is 3. The van der Waals surface area contributed by atoms with Gasteiger partial charge >= 0.3 is 0 Å². The summed E-state index contributed by atoms with van der Waals surface area (Å²) in [5, 5.41) is 31.2. The smallest absolute Gasteiger partial charge is 0.247 e. The van der Waals surface area contributed by atoms with Gasteiger partial charge in [0.1, 0.15) is 17.3 Å². The lowest BCUT2D eigenvalue weighted by atomic mass is 10.2. The predicted octanol–water partition coefficient (Wildman–Crippen LogP) is 5.83. The molecular weight excluding hydrogens is 489 g/mol. The number of phenolic OH excluding ortho intramolecular Hbond substituents is 2. The summed E-state index contributed by atoms with van der Waals surface area (Å²) in [6.45, 7) is 0. The molecule has 0 radical (unpaired) electrons. The van der Waals surface area contributed by atoms with Crippen LogP contribution in [0.15, 0.2) is 83.0 Å². The average molecular weight is 508 g/mol. The minimum atomic E-state index is 0.0630. The van der Waals surface area contributed by atoms with Gasteiger partial charge in [-0.05, 0) is 48.5 Å². The summed E-state index contributed by atoms with van der Waals surface area (Å²) in [5.74, 6) is 1.19. The van der Waals surface area contributed by atoms with E-state index in [1.165, 1.54) is 36.7 Å². The van der Waals surface area contributed by atoms with Gasteiger partial charge in [0.2, 0.25) is 5.95 Å². The topological polar surface area (TPSA) is 127 Å². The molecule has 35 heavy (non-hydrogen) atoms. The molecule has 176 valence electrons. The molecule has 1 aromatic heterocycles. The van der Waals surface area contributed by atoms with Crippen LogP contribution >= 0.6 is 23.2 Å². The van der Waals surface area contributed by atoms with E-state index in [9.17, 15) is 10.2 Å². The Morgan fingerprint density at radius 2 is 1.26 bits per heavy atom. The molecule has 0 aliphatic carbocycles. The van der Waals surface area contributed by atoms with E-state index < -0.39 is 0 Å². The van der Waals surface area contributed by atoms with Gasteiger partial charge in [-0.2, -0.15) is 20.2 Å². The Labute approximate surface area is 210 Å². The maximum atomic E-state index is 9.49. The molecule has 0 aliphatic heterocycles. The number of nitrogens with zero attached hydrogens (tertiary/aromatic N) is 4. The molecule has 0 saturated heterocycles. The van der Waals surface area contributed by atoms with Gasteiger partial charge in [-0.1, -0.05) is 41.4 Å². The van der Waals surface area contributed by atoms with E-state index in [4.69, 9.17) is 23.2 Å². The highest BCUT2D eigenvalue weighted by Gasteiger charge is 2.06. The molecule has 0 atom stereocenters. The molecule has 9 nitrogen and oxygen atoms in total. The highest BCUT2D eigenvalue weighted by atomic mass is 35.5. The zero-order valence-corrected chi connectivity index (χ0v) is 19.5. The van der Waals surface area contributed by atoms with Gasteiger partial charge < -0.3 is 15.5 Å². The Kier molecular flexibility index (Phi) is 7.61. The quantitative estimate of drug-likeness (QED) is 0.150. The summed E-state index contributed by atoms with van der Waals surface area (Å²) in [5.41, 5.74) is 7.66. The SMILES string of the molecule is Oc1ccc(C=NNc2cc(Nc3ccccc3)nc(NN=Cc3ccc(O)cc3Cl)n2)c(Cl)c1. The lowest BCUT2D eigenvalue weighted by Gasteiger charge is -2.09. The van der Waals surface area contributed by atoms with E-state index >= 15 is 0 Å². The third kappa shape index (κ3) is 6.83. The van der Waals surface area contributed by atoms with Gasteiger partial charge in [0.15, 0.2) is 5.82 Å². The monoisotopic (exact) mass is 507 g/mol. The Morgan fingerprint density at radius 1 is 0.686 bits per heavy atom. The molecule has 1 heterocycles. The summed E-state index contributed by atoms with van der Waals surface area (Å²) in [7, 11) is 0. The lowest BCUT2D eigenvalue weighted by molar-refractivity contribution is 0.475. The Bertz CT molecular complexity index is 1300. The first-order valence-corrected chi connectivity index (χ1v) is 11.0. The minimum absolute atomic E-state index is 0.0630. The van der Waals surface area contributed by atoms with E-state index in [2.05, 4.69) is 36.3 Å². The number of aromatic hydroxyl groups is 2. The highest BCUT2D eigenvalue weighted by Crippen LogP contribution is 2.22. The van der Waals surface area contributed by atoms with E-state index in [-0.39, 0.29) is 17.4 Å². The number of hydrogen-bond donors (Lipinski definition) is 5. The summed E-state index contributed by atoms with van der Waals surface area (Å²) in [6, 6.07) is 20.3. The summed E-state index contributed by atoms with van der Waals surface area (Å²) >= 11 is 12.2. The Hall–Kier alpha value is -4.34. The van der Waals surface area contributed by atoms with Crippen molar-refractivity contribution in [3.63, 3.8) is 0 Å². The number of benzene rings is 3. The third-order valence-electron chi connectivity index (χ3n) is 4.49. The van der Waals surface area contributed by atoms with Crippen molar-refractivity contribution in [3.8, 4) is 11.5 Å². The number of hydrogen-bond acceptors (Lipinski definition) is 9. The number of para-hydroxylation sites is 1. The minimum Gasteiger partial charge on any atom is -0.508 e. The molecule has 0 unspecified atom stereocenters. The number of phenols is 2. The van der Waals surface area contributed by atoms with Crippen LogP contribution in [0.5, 0.6) is 11.5 Å². The third-order valence-corrected chi connectivity index (χ3v) is 5.15. The van der Waals surface area contributed by atoms with Crippen LogP contribution in [-0.2, 0) is 0 Å². The van der Waals surface area contributed by atoms with Crippen molar-refractivity contribution >= 4 is 58.9 Å². The molecule has 4 aromatic rings. The van der Waals surface area contributed by atoms with Gasteiger partial charge in [-0.25, -0.2) is 5.43 Å². The Balaban J connectivity index is 1.55. The van der Waals surface area contributed by atoms with Crippen molar-refractivity contribution in [2.45, 2.75) is 0 Å².